The zero-order valence-electron chi connectivity index (χ0n) is 11.9. The van der Waals surface area contributed by atoms with Crippen LogP contribution in [0.4, 0.5) is 0 Å². The average Bonchev–Trinajstić information content (AvgIpc) is 2.33. The quantitative estimate of drug-likeness (QED) is 0.445. The Kier molecular flexibility index (Phi) is 11.7. The first-order valence-electron chi connectivity index (χ1n) is 6.69. The molecule has 0 radical (unpaired) electrons. The molecule has 0 aromatic rings. The second-order valence-electron chi connectivity index (χ2n) is 5.01. The van der Waals surface area contributed by atoms with Gasteiger partial charge in [0.05, 0.1) is 32.0 Å². The molecule has 5 heteroatoms. The minimum Gasteiger partial charge on any atom is -0.395 e. The number of methoxy groups -OCH3 is 1. The zero-order chi connectivity index (χ0) is 13.8. The van der Waals surface area contributed by atoms with E-state index in [1.165, 1.54) is 0 Å². The van der Waals surface area contributed by atoms with Crippen LogP contribution in [-0.2, 0) is 9.47 Å². The van der Waals surface area contributed by atoms with Gasteiger partial charge in [0.15, 0.2) is 0 Å². The Balaban J connectivity index is 3.44. The topological polar surface area (TPSA) is 71.0 Å². The molecule has 0 fully saturated rings. The van der Waals surface area contributed by atoms with Crippen molar-refractivity contribution < 1.29 is 19.7 Å². The molecule has 110 valence electrons. The van der Waals surface area contributed by atoms with E-state index in [-0.39, 0.29) is 12.6 Å². The van der Waals surface area contributed by atoms with Gasteiger partial charge in [0.2, 0.25) is 0 Å². The summed E-state index contributed by atoms with van der Waals surface area (Å²) in [5, 5.41) is 21.7. The van der Waals surface area contributed by atoms with Gasteiger partial charge in [-0.1, -0.05) is 13.8 Å². The first-order chi connectivity index (χ1) is 8.60. The lowest BCUT2D eigenvalue weighted by Gasteiger charge is -2.18. The van der Waals surface area contributed by atoms with E-state index in [9.17, 15) is 5.11 Å². The molecule has 0 bridgehead atoms. The molecule has 0 saturated carbocycles. The van der Waals surface area contributed by atoms with E-state index >= 15 is 0 Å². The Labute approximate surface area is 110 Å². The van der Waals surface area contributed by atoms with Gasteiger partial charge in [-0.15, -0.1) is 0 Å². The molecule has 0 saturated heterocycles. The summed E-state index contributed by atoms with van der Waals surface area (Å²) in [5.41, 5.74) is 0. The third kappa shape index (κ3) is 10.9. The van der Waals surface area contributed by atoms with E-state index < -0.39 is 6.10 Å². The zero-order valence-corrected chi connectivity index (χ0v) is 11.9. The number of aliphatic hydroxyl groups excluding tert-OH is 2. The molecule has 0 amide bonds. The Bertz CT molecular complexity index is 178. The third-order valence-electron chi connectivity index (χ3n) is 2.61. The van der Waals surface area contributed by atoms with Crippen LogP contribution in [0.5, 0.6) is 0 Å². The van der Waals surface area contributed by atoms with E-state index in [4.69, 9.17) is 14.6 Å². The van der Waals surface area contributed by atoms with Gasteiger partial charge in [0.25, 0.3) is 0 Å². The number of rotatable bonds is 12. The number of hydrogen-bond acceptors (Lipinski definition) is 5. The van der Waals surface area contributed by atoms with Gasteiger partial charge < -0.3 is 25.0 Å². The highest BCUT2D eigenvalue weighted by Crippen LogP contribution is 2.03. The van der Waals surface area contributed by atoms with Gasteiger partial charge in [-0.25, -0.2) is 0 Å². The molecule has 18 heavy (non-hydrogen) atoms. The maximum absolute atomic E-state index is 9.66. The van der Waals surface area contributed by atoms with E-state index in [0.29, 0.717) is 32.3 Å². The molecule has 0 aliphatic rings. The lowest BCUT2D eigenvalue weighted by molar-refractivity contribution is 0.0295. The predicted molar refractivity (Wildman–Crippen MR) is 71.7 cm³/mol. The maximum atomic E-state index is 9.66. The highest BCUT2D eigenvalue weighted by Gasteiger charge is 2.09. The summed E-state index contributed by atoms with van der Waals surface area (Å²) in [6, 6.07) is -0.134. The van der Waals surface area contributed by atoms with Crippen molar-refractivity contribution in [3.63, 3.8) is 0 Å². The van der Waals surface area contributed by atoms with Crippen molar-refractivity contribution in [2.75, 3.05) is 40.1 Å². The summed E-state index contributed by atoms with van der Waals surface area (Å²) in [4.78, 5) is 0. The van der Waals surface area contributed by atoms with Crippen molar-refractivity contribution in [1.29, 1.82) is 0 Å². The molecule has 0 aliphatic heterocycles. The monoisotopic (exact) mass is 263 g/mol. The number of hydrogen-bond donors (Lipinski definition) is 3. The van der Waals surface area contributed by atoms with Crippen LogP contribution >= 0.6 is 0 Å². The normalized spacial score (nSPS) is 15.0. The summed E-state index contributed by atoms with van der Waals surface area (Å²) >= 11 is 0. The fraction of sp³-hybridized carbons (Fsp3) is 1.00. The van der Waals surface area contributed by atoms with Crippen LogP contribution in [0.25, 0.3) is 0 Å². The summed E-state index contributed by atoms with van der Waals surface area (Å²) in [6.45, 7) is 6.22. The molecule has 2 atom stereocenters. The molecule has 0 rings (SSSR count). The molecule has 0 aliphatic carbocycles. The molecule has 0 heterocycles. The smallest absolute Gasteiger partial charge is 0.0897 e. The molecule has 2 unspecified atom stereocenters. The lowest BCUT2D eigenvalue weighted by Crippen LogP contribution is -2.42. The fourth-order valence-electron chi connectivity index (χ4n) is 1.55. The van der Waals surface area contributed by atoms with Crippen molar-refractivity contribution in [3.05, 3.63) is 0 Å². The Morgan fingerprint density at radius 1 is 1.22 bits per heavy atom. The third-order valence-corrected chi connectivity index (χ3v) is 2.61. The molecular weight excluding hydrogens is 234 g/mol. The fourth-order valence-corrected chi connectivity index (χ4v) is 1.55. The van der Waals surface area contributed by atoms with Crippen LogP contribution in [0.3, 0.4) is 0 Å². The van der Waals surface area contributed by atoms with Crippen molar-refractivity contribution >= 4 is 0 Å². The van der Waals surface area contributed by atoms with Gasteiger partial charge in [-0.2, -0.15) is 0 Å². The first-order valence-corrected chi connectivity index (χ1v) is 6.69. The van der Waals surface area contributed by atoms with Crippen LogP contribution in [0, 0.1) is 5.92 Å². The van der Waals surface area contributed by atoms with Crippen LogP contribution in [-0.4, -0.2) is 62.4 Å². The molecule has 0 aromatic heterocycles. The van der Waals surface area contributed by atoms with E-state index in [0.717, 1.165) is 12.8 Å². The van der Waals surface area contributed by atoms with Crippen LogP contribution < -0.4 is 5.32 Å². The first kappa shape index (κ1) is 17.8. The highest BCUT2D eigenvalue weighted by molar-refractivity contribution is 4.67. The summed E-state index contributed by atoms with van der Waals surface area (Å²) in [5.74, 6) is 0.694. The van der Waals surface area contributed by atoms with Crippen LogP contribution in [0.2, 0.25) is 0 Å². The minimum atomic E-state index is -0.546. The van der Waals surface area contributed by atoms with Gasteiger partial charge in [0.1, 0.15) is 0 Å². The SMILES string of the molecule is COCC(CO)NCC(O)COCCCC(C)C. The van der Waals surface area contributed by atoms with Crippen molar-refractivity contribution in [3.8, 4) is 0 Å². The van der Waals surface area contributed by atoms with Crippen LogP contribution in [0.1, 0.15) is 26.7 Å². The van der Waals surface area contributed by atoms with Crippen molar-refractivity contribution in [2.24, 2.45) is 5.92 Å². The second kappa shape index (κ2) is 11.9. The van der Waals surface area contributed by atoms with Crippen molar-refractivity contribution in [2.45, 2.75) is 38.8 Å². The number of nitrogens with one attached hydrogen (secondary N) is 1. The average molecular weight is 263 g/mol. The van der Waals surface area contributed by atoms with Crippen LogP contribution in [0.15, 0.2) is 0 Å². The molecule has 0 aromatic carbocycles. The highest BCUT2D eigenvalue weighted by atomic mass is 16.5. The van der Waals surface area contributed by atoms with Gasteiger partial charge in [-0.05, 0) is 18.8 Å². The largest absolute Gasteiger partial charge is 0.395 e. The minimum absolute atomic E-state index is 0.00416. The molecule has 5 nitrogen and oxygen atoms in total. The standard InChI is InChI=1S/C13H29NO4/c1-11(2)5-4-6-18-10-13(16)7-14-12(8-15)9-17-3/h11-16H,4-10H2,1-3H3. The van der Waals surface area contributed by atoms with Crippen molar-refractivity contribution in [1.82, 2.24) is 5.32 Å². The molecular formula is C13H29NO4. The van der Waals surface area contributed by atoms with E-state index in [1.807, 2.05) is 0 Å². The lowest BCUT2D eigenvalue weighted by atomic mass is 10.1. The Morgan fingerprint density at radius 3 is 2.50 bits per heavy atom. The Morgan fingerprint density at radius 2 is 1.94 bits per heavy atom. The Hall–Kier alpha value is -0.200. The van der Waals surface area contributed by atoms with Gasteiger partial charge >= 0.3 is 0 Å². The summed E-state index contributed by atoms with van der Waals surface area (Å²) < 4.78 is 10.3. The number of aliphatic hydroxyl groups is 2. The molecule has 0 spiro atoms. The summed E-state index contributed by atoms with van der Waals surface area (Å²) in [6.07, 6.45) is 1.63. The second-order valence-corrected chi connectivity index (χ2v) is 5.01. The van der Waals surface area contributed by atoms with Gasteiger partial charge in [0, 0.05) is 20.3 Å². The predicted octanol–water partition coefficient (Wildman–Crippen LogP) is 0.397. The van der Waals surface area contributed by atoms with E-state index in [2.05, 4.69) is 19.2 Å². The maximum Gasteiger partial charge on any atom is 0.0897 e. The molecule has 3 N–H and O–H groups in total. The van der Waals surface area contributed by atoms with Gasteiger partial charge in [-0.3, -0.25) is 0 Å². The summed E-state index contributed by atoms with van der Waals surface area (Å²) in [7, 11) is 1.58. The van der Waals surface area contributed by atoms with E-state index in [1.54, 1.807) is 7.11 Å². The number of ether oxygens (including phenoxy) is 2.